The number of carboxylic acid groups (broad SMARTS) is 1. The van der Waals surface area contributed by atoms with E-state index in [9.17, 15) is 9.90 Å². The maximum absolute atomic E-state index is 10.6. The lowest BCUT2D eigenvalue weighted by molar-refractivity contribution is -0.137. The summed E-state index contributed by atoms with van der Waals surface area (Å²) >= 11 is 0. The van der Waals surface area contributed by atoms with Crippen LogP contribution in [-0.4, -0.2) is 40.8 Å². The fraction of sp³-hybridized carbons (Fsp3) is 0.471. The second-order valence-electron chi connectivity index (χ2n) is 5.98. The number of phenolic OH excluding ortho intramolecular Hbond substituents is 1. The third-order valence-corrected chi connectivity index (χ3v) is 4.30. The van der Waals surface area contributed by atoms with E-state index < -0.39 is 5.97 Å². The van der Waals surface area contributed by atoms with Gasteiger partial charge in [0, 0.05) is 18.9 Å². The van der Waals surface area contributed by atoms with Crippen LogP contribution in [0.1, 0.15) is 43.6 Å². The van der Waals surface area contributed by atoms with Crippen molar-refractivity contribution in [2.75, 3.05) is 13.2 Å². The Morgan fingerprint density at radius 2 is 2.17 bits per heavy atom. The summed E-state index contributed by atoms with van der Waals surface area (Å²) in [5.74, 6) is -0.362. The van der Waals surface area contributed by atoms with Crippen LogP contribution in [0.15, 0.2) is 28.2 Å². The molecule has 0 amide bonds. The number of phenols is 1. The van der Waals surface area contributed by atoms with Crippen molar-refractivity contribution >= 4 is 23.1 Å². The van der Waals surface area contributed by atoms with Gasteiger partial charge in [-0.2, -0.15) is 0 Å². The molecule has 0 aliphatic carbocycles. The number of hydrogen-bond donors (Lipinski definition) is 3. The van der Waals surface area contributed by atoms with Crippen LogP contribution in [-0.2, 0) is 4.79 Å². The lowest BCUT2D eigenvalue weighted by Crippen LogP contribution is -2.39. The third-order valence-electron chi connectivity index (χ3n) is 4.30. The number of aliphatic carboxylic acids is 1. The molecule has 3 rings (SSSR count). The van der Waals surface area contributed by atoms with Crippen LogP contribution in [0.4, 0.5) is 5.69 Å². The highest BCUT2D eigenvalue weighted by molar-refractivity contribution is 6.46. The number of fused-ring (bicyclic) bond motifs is 2. The summed E-state index contributed by atoms with van der Waals surface area (Å²) in [7, 11) is 0. The lowest BCUT2D eigenvalue weighted by Gasteiger charge is -2.29. The van der Waals surface area contributed by atoms with E-state index in [0.29, 0.717) is 19.6 Å². The van der Waals surface area contributed by atoms with Crippen molar-refractivity contribution in [2.45, 2.75) is 38.0 Å². The van der Waals surface area contributed by atoms with Gasteiger partial charge in [-0.25, -0.2) is 4.99 Å². The number of carbonyl (C=O) groups is 1. The molecular weight excluding hydrogens is 294 g/mol. The Morgan fingerprint density at radius 1 is 1.30 bits per heavy atom. The quantitative estimate of drug-likeness (QED) is 0.703. The standard InChI is InChI=1S/C17H21N3O3/c21-11-6-7-14-13(8-11)12(4-2-1-3-5-16(22)23)17-15(20-14)9-18-10-19-17/h6-8,12,18,21H,1-5,9-10H2,(H,22,23). The number of unbranched alkanes of at least 4 members (excludes halogenated alkanes) is 2. The van der Waals surface area contributed by atoms with Gasteiger partial charge >= 0.3 is 5.97 Å². The van der Waals surface area contributed by atoms with Gasteiger partial charge < -0.3 is 10.2 Å². The smallest absolute Gasteiger partial charge is 0.303 e. The zero-order valence-corrected chi connectivity index (χ0v) is 13.0. The summed E-state index contributed by atoms with van der Waals surface area (Å²) in [5, 5.41) is 21.7. The molecule has 1 unspecified atom stereocenters. The zero-order valence-electron chi connectivity index (χ0n) is 13.0. The fourth-order valence-electron chi connectivity index (χ4n) is 3.21. The lowest BCUT2D eigenvalue weighted by atomic mass is 9.83. The van der Waals surface area contributed by atoms with Gasteiger partial charge in [0.25, 0.3) is 0 Å². The summed E-state index contributed by atoms with van der Waals surface area (Å²) in [6.45, 7) is 1.31. The molecule has 0 aromatic heterocycles. The van der Waals surface area contributed by atoms with Gasteiger partial charge in [0.15, 0.2) is 0 Å². The number of hydrogen-bond acceptors (Lipinski definition) is 5. The molecule has 2 aliphatic heterocycles. The molecule has 6 heteroatoms. The number of nitrogens with one attached hydrogen (secondary N) is 1. The molecule has 0 radical (unpaired) electrons. The topological polar surface area (TPSA) is 94.3 Å². The van der Waals surface area contributed by atoms with E-state index in [1.165, 1.54) is 0 Å². The number of aliphatic imine (C=N–C) groups is 2. The van der Waals surface area contributed by atoms with Gasteiger partial charge in [0.05, 0.1) is 23.8 Å². The van der Waals surface area contributed by atoms with Crippen molar-refractivity contribution in [2.24, 2.45) is 9.98 Å². The first-order chi connectivity index (χ1) is 11.1. The number of aromatic hydroxyl groups is 1. The predicted molar refractivity (Wildman–Crippen MR) is 89.0 cm³/mol. The molecule has 1 atom stereocenters. The van der Waals surface area contributed by atoms with Gasteiger partial charge in [0.2, 0.25) is 0 Å². The summed E-state index contributed by atoms with van der Waals surface area (Å²) in [6.07, 6.45) is 3.64. The average molecular weight is 315 g/mol. The van der Waals surface area contributed by atoms with E-state index in [2.05, 4.69) is 15.3 Å². The maximum atomic E-state index is 10.6. The number of rotatable bonds is 6. The van der Waals surface area contributed by atoms with E-state index in [4.69, 9.17) is 5.11 Å². The van der Waals surface area contributed by atoms with Crippen LogP contribution in [0.25, 0.3) is 0 Å². The van der Waals surface area contributed by atoms with E-state index in [0.717, 1.165) is 41.9 Å². The molecule has 122 valence electrons. The van der Waals surface area contributed by atoms with Crippen molar-refractivity contribution in [1.82, 2.24) is 5.32 Å². The van der Waals surface area contributed by atoms with E-state index in [1.54, 1.807) is 12.1 Å². The molecule has 0 spiro atoms. The highest BCUT2D eigenvalue weighted by atomic mass is 16.4. The zero-order chi connectivity index (χ0) is 16.2. The second-order valence-corrected chi connectivity index (χ2v) is 5.98. The molecule has 2 aliphatic rings. The Kier molecular flexibility index (Phi) is 4.71. The van der Waals surface area contributed by atoms with Crippen molar-refractivity contribution in [1.29, 1.82) is 0 Å². The van der Waals surface area contributed by atoms with Crippen LogP contribution in [0.5, 0.6) is 5.75 Å². The van der Waals surface area contributed by atoms with Crippen molar-refractivity contribution in [3.63, 3.8) is 0 Å². The molecule has 1 aromatic rings. The first kappa shape index (κ1) is 15.7. The Bertz CT molecular complexity index is 667. The highest BCUT2D eigenvalue weighted by Crippen LogP contribution is 2.38. The monoisotopic (exact) mass is 315 g/mol. The first-order valence-electron chi connectivity index (χ1n) is 8.03. The molecular formula is C17H21N3O3. The molecule has 0 fully saturated rings. The van der Waals surface area contributed by atoms with Crippen LogP contribution < -0.4 is 5.32 Å². The van der Waals surface area contributed by atoms with Gasteiger partial charge in [-0.15, -0.1) is 0 Å². The Morgan fingerprint density at radius 3 is 3.00 bits per heavy atom. The first-order valence-corrected chi connectivity index (χ1v) is 8.03. The normalized spacial score (nSPS) is 19.4. The Labute approximate surface area is 135 Å². The minimum absolute atomic E-state index is 0.136. The molecule has 3 N–H and O–H groups in total. The van der Waals surface area contributed by atoms with Gasteiger partial charge in [-0.1, -0.05) is 12.8 Å². The highest BCUT2D eigenvalue weighted by Gasteiger charge is 2.30. The number of benzene rings is 1. The molecule has 0 saturated carbocycles. The predicted octanol–water partition coefficient (Wildman–Crippen LogP) is 2.60. The van der Waals surface area contributed by atoms with Crippen LogP contribution in [0, 0.1) is 0 Å². The Hall–Kier alpha value is -2.21. The van der Waals surface area contributed by atoms with E-state index >= 15 is 0 Å². The summed E-state index contributed by atoms with van der Waals surface area (Å²) in [5.41, 5.74) is 3.91. The van der Waals surface area contributed by atoms with Gasteiger partial charge in [-0.3, -0.25) is 15.1 Å². The molecule has 23 heavy (non-hydrogen) atoms. The van der Waals surface area contributed by atoms with Gasteiger partial charge in [-0.05, 0) is 36.6 Å². The van der Waals surface area contributed by atoms with Crippen molar-refractivity contribution < 1.29 is 15.0 Å². The minimum atomic E-state index is -0.741. The fourth-order valence-corrected chi connectivity index (χ4v) is 3.21. The molecule has 0 bridgehead atoms. The third kappa shape index (κ3) is 3.59. The van der Waals surface area contributed by atoms with Gasteiger partial charge in [0.1, 0.15) is 5.75 Å². The van der Waals surface area contributed by atoms with Crippen LogP contribution in [0.3, 0.4) is 0 Å². The Balaban J connectivity index is 1.76. The maximum Gasteiger partial charge on any atom is 0.303 e. The average Bonchev–Trinajstić information content (AvgIpc) is 2.54. The van der Waals surface area contributed by atoms with Crippen molar-refractivity contribution in [3.05, 3.63) is 23.8 Å². The molecule has 1 aromatic carbocycles. The largest absolute Gasteiger partial charge is 0.508 e. The molecule has 0 saturated heterocycles. The molecule has 2 heterocycles. The summed E-state index contributed by atoms with van der Waals surface area (Å²) < 4.78 is 0. The summed E-state index contributed by atoms with van der Waals surface area (Å²) in [6, 6.07) is 5.29. The molecule has 6 nitrogen and oxygen atoms in total. The van der Waals surface area contributed by atoms with Crippen LogP contribution >= 0.6 is 0 Å². The SMILES string of the molecule is O=C(O)CCCCCC1C2=NCNCC2=Nc2ccc(O)cc21. The number of carboxylic acids is 1. The van der Waals surface area contributed by atoms with E-state index in [-0.39, 0.29) is 18.1 Å². The summed E-state index contributed by atoms with van der Waals surface area (Å²) in [4.78, 5) is 19.8. The minimum Gasteiger partial charge on any atom is -0.508 e. The van der Waals surface area contributed by atoms with Crippen molar-refractivity contribution in [3.8, 4) is 5.75 Å². The second kappa shape index (κ2) is 6.91. The van der Waals surface area contributed by atoms with Crippen LogP contribution in [0.2, 0.25) is 0 Å². The van der Waals surface area contributed by atoms with E-state index in [1.807, 2.05) is 6.07 Å². The number of nitrogens with zero attached hydrogens (tertiary/aromatic N) is 2.